The molecule has 1 saturated carbocycles. The molecule has 0 aromatic carbocycles. The van der Waals surface area contributed by atoms with Gasteiger partial charge in [0.1, 0.15) is 0 Å². The van der Waals surface area contributed by atoms with Crippen molar-refractivity contribution >= 4 is 5.91 Å². The normalized spacial score (nSPS) is 27.4. The summed E-state index contributed by atoms with van der Waals surface area (Å²) < 4.78 is 0. The van der Waals surface area contributed by atoms with E-state index in [0.717, 1.165) is 57.8 Å². The lowest BCUT2D eigenvalue weighted by Crippen LogP contribution is -2.42. The lowest BCUT2D eigenvalue weighted by Gasteiger charge is -2.32. The van der Waals surface area contributed by atoms with Gasteiger partial charge in [-0.05, 0) is 71.1 Å². The average Bonchev–Trinajstić information content (AvgIpc) is 3.18. The average molecular weight is 420 g/mol. The number of fused-ring (bicyclic) bond motifs is 1. The molecule has 1 amide bonds. The second-order valence-electron chi connectivity index (χ2n) is 10.5. The minimum Gasteiger partial charge on any atom is -0.392 e. The summed E-state index contributed by atoms with van der Waals surface area (Å²) in [6.45, 7) is 8.37. The summed E-state index contributed by atoms with van der Waals surface area (Å²) in [5.41, 5.74) is 1.38. The molecule has 2 aliphatic rings. The van der Waals surface area contributed by atoms with Crippen LogP contribution in [0.4, 0.5) is 0 Å². The van der Waals surface area contributed by atoms with E-state index in [4.69, 9.17) is 0 Å². The molecular formula is C26H45NO3. The topological polar surface area (TPSA) is 60.8 Å². The Morgan fingerprint density at radius 1 is 1.27 bits per heavy atom. The van der Waals surface area contributed by atoms with Crippen molar-refractivity contribution < 1.29 is 15.0 Å². The van der Waals surface area contributed by atoms with Crippen LogP contribution < -0.4 is 0 Å². The maximum atomic E-state index is 12.3. The van der Waals surface area contributed by atoms with Crippen LogP contribution in [0.15, 0.2) is 23.8 Å². The summed E-state index contributed by atoms with van der Waals surface area (Å²) >= 11 is 0. The van der Waals surface area contributed by atoms with Gasteiger partial charge in [-0.1, -0.05) is 50.0 Å². The van der Waals surface area contributed by atoms with Crippen LogP contribution in [-0.2, 0) is 4.79 Å². The van der Waals surface area contributed by atoms with Crippen LogP contribution in [0.1, 0.15) is 91.9 Å². The molecule has 4 heteroatoms. The maximum absolute atomic E-state index is 12.3. The van der Waals surface area contributed by atoms with E-state index in [0.29, 0.717) is 18.3 Å². The SMILES string of the molecule is CCCCC[C@H](O)/C=C/[C@@H]1[C@H]2CC(CCCCC(=O)N(C)C(C)(C)C)=C[C@H]2C[C@H]1O. The third-order valence-electron chi connectivity index (χ3n) is 7.13. The number of carbonyl (C=O) groups excluding carboxylic acids is 1. The Morgan fingerprint density at radius 3 is 2.67 bits per heavy atom. The highest BCUT2D eigenvalue weighted by molar-refractivity contribution is 5.76. The lowest BCUT2D eigenvalue weighted by atomic mass is 9.88. The van der Waals surface area contributed by atoms with Crippen LogP contribution in [0.25, 0.3) is 0 Å². The molecule has 2 aliphatic carbocycles. The zero-order valence-electron chi connectivity index (χ0n) is 19.9. The van der Waals surface area contributed by atoms with Crippen molar-refractivity contribution in [3.8, 4) is 0 Å². The van der Waals surface area contributed by atoms with Gasteiger partial charge < -0.3 is 15.1 Å². The standard InChI is InChI=1S/C26H45NO3/c1-6-7-8-12-21(28)14-15-22-23-17-19(16-20(23)18-24(22)29)11-9-10-13-25(30)27(5)26(2,3)4/h14-16,20-24,28-29H,6-13,17-18H2,1-5H3/b15-14+/t20-,21-,22+,23-,24+/m0/s1. The molecule has 172 valence electrons. The summed E-state index contributed by atoms with van der Waals surface area (Å²) in [5.74, 6) is 1.33. The monoisotopic (exact) mass is 419 g/mol. The van der Waals surface area contributed by atoms with Crippen LogP contribution in [0.3, 0.4) is 0 Å². The van der Waals surface area contributed by atoms with Crippen molar-refractivity contribution in [1.82, 2.24) is 4.90 Å². The minimum atomic E-state index is -0.389. The van der Waals surface area contributed by atoms with E-state index in [1.54, 1.807) is 0 Å². The van der Waals surface area contributed by atoms with Gasteiger partial charge in [0.05, 0.1) is 12.2 Å². The fourth-order valence-electron chi connectivity index (χ4n) is 4.92. The quantitative estimate of drug-likeness (QED) is 0.355. The van der Waals surface area contributed by atoms with Gasteiger partial charge >= 0.3 is 0 Å². The Balaban J connectivity index is 1.75. The number of aliphatic hydroxyl groups is 2. The van der Waals surface area contributed by atoms with E-state index >= 15 is 0 Å². The highest BCUT2D eigenvalue weighted by Crippen LogP contribution is 2.48. The number of rotatable bonds is 11. The van der Waals surface area contributed by atoms with Crippen molar-refractivity contribution in [2.24, 2.45) is 17.8 Å². The zero-order chi connectivity index (χ0) is 22.3. The van der Waals surface area contributed by atoms with E-state index in [1.807, 2.05) is 18.0 Å². The predicted octanol–water partition coefficient (Wildman–Crippen LogP) is 5.24. The molecule has 0 heterocycles. The molecule has 0 spiro atoms. The van der Waals surface area contributed by atoms with Gasteiger partial charge in [0.2, 0.25) is 5.91 Å². The van der Waals surface area contributed by atoms with Crippen LogP contribution in [0.2, 0.25) is 0 Å². The summed E-state index contributed by atoms with van der Waals surface area (Å²) in [6.07, 6.45) is 15.5. The van der Waals surface area contributed by atoms with Crippen LogP contribution >= 0.6 is 0 Å². The summed E-state index contributed by atoms with van der Waals surface area (Å²) in [5, 5.41) is 20.7. The first-order chi connectivity index (χ1) is 14.1. The number of nitrogens with zero attached hydrogens (tertiary/aromatic N) is 1. The molecule has 0 aliphatic heterocycles. The molecule has 0 unspecified atom stereocenters. The van der Waals surface area contributed by atoms with Gasteiger partial charge in [0.25, 0.3) is 0 Å². The second-order valence-corrected chi connectivity index (χ2v) is 10.5. The van der Waals surface area contributed by atoms with Crippen molar-refractivity contribution in [3.63, 3.8) is 0 Å². The highest BCUT2D eigenvalue weighted by Gasteiger charge is 2.43. The Hall–Kier alpha value is -1.13. The number of allylic oxidation sites excluding steroid dienone is 2. The maximum Gasteiger partial charge on any atom is 0.222 e. The van der Waals surface area contributed by atoms with Gasteiger partial charge in [0, 0.05) is 24.9 Å². The molecule has 0 bridgehead atoms. The number of hydrogen-bond acceptors (Lipinski definition) is 3. The molecule has 0 aromatic rings. The van der Waals surface area contributed by atoms with E-state index in [-0.39, 0.29) is 29.6 Å². The van der Waals surface area contributed by atoms with Crippen molar-refractivity contribution in [1.29, 1.82) is 0 Å². The van der Waals surface area contributed by atoms with Crippen LogP contribution in [-0.4, -0.2) is 45.8 Å². The molecule has 2 N–H and O–H groups in total. The van der Waals surface area contributed by atoms with E-state index < -0.39 is 0 Å². The van der Waals surface area contributed by atoms with Gasteiger partial charge in [-0.25, -0.2) is 0 Å². The summed E-state index contributed by atoms with van der Waals surface area (Å²) in [6, 6.07) is 0. The van der Waals surface area contributed by atoms with Gasteiger partial charge in [-0.3, -0.25) is 4.79 Å². The minimum absolute atomic E-state index is 0.116. The third kappa shape index (κ3) is 7.23. The number of aliphatic hydroxyl groups excluding tert-OH is 2. The number of amides is 1. The molecule has 4 nitrogen and oxygen atoms in total. The lowest BCUT2D eigenvalue weighted by molar-refractivity contribution is -0.134. The molecular weight excluding hydrogens is 374 g/mol. The highest BCUT2D eigenvalue weighted by atomic mass is 16.3. The molecule has 0 aromatic heterocycles. The van der Waals surface area contributed by atoms with Gasteiger partial charge in [0.15, 0.2) is 0 Å². The number of unbranched alkanes of at least 4 members (excludes halogenated alkanes) is 3. The largest absolute Gasteiger partial charge is 0.392 e. The number of hydrogen-bond donors (Lipinski definition) is 2. The van der Waals surface area contributed by atoms with E-state index in [9.17, 15) is 15.0 Å². The molecule has 0 radical (unpaired) electrons. The Morgan fingerprint density at radius 2 is 2.00 bits per heavy atom. The van der Waals surface area contributed by atoms with Crippen molar-refractivity contribution in [2.75, 3.05) is 7.05 Å². The Labute approximate surface area is 184 Å². The van der Waals surface area contributed by atoms with Gasteiger partial charge in [-0.15, -0.1) is 0 Å². The molecule has 30 heavy (non-hydrogen) atoms. The first-order valence-corrected chi connectivity index (χ1v) is 12.1. The predicted molar refractivity (Wildman–Crippen MR) is 124 cm³/mol. The molecule has 1 fully saturated rings. The second kappa shape index (κ2) is 11.5. The first kappa shape index (κ1) is 25.1. The number of carbonyl (C=O) groups is 1. The van der Waals surface area contributed by atoms with E-state index in [1.165, 1.54) is 5.57 Å². The van der Waals surface area contributed by atoms with Crippen LogP contribution in [0.5, 0.6) is 0 Å². The molecule has 0 saturated heterocycles. The zero-order valence-corrected chi connectivity index (χ0v) is 19.9. The van der Waals surface area contributed by atoms with Gasteiger partial charge in [-0.2, -0.15) is 0 Å². The molecule has 2 rings (SSSR count). The van der Waals surface area contributed by atoms with Crippen LogP contribution in [0, 0.1) is 17.8 Å². The van der Waals surface area contributed by atoms with E-state index in [2.05, 4.69) is 39.8 Å². The van der Waals surface area contributed by atoms with Crippen molar-refractivity contribution in [2.45, 2.75) is 110 Å². The molecule has 5 atom stereocenters. The van der Waals surface area contributed by atoms with Crippen molar-refractivity contribution in [3.05, 3.63) is 23.8 Å². The summed E-state index contributed by atoms with van der Waals surface area (Å²) in [4.78, 5) is 14.1. The first-order valence-electron chi connectivity index (χ1n) is 12.1. The fraction of sp³-hybridized carbons (Fsp3) is 0.808. The Kier molecular flexibility index (Phi) is 9.62. The Bertz CT molecular complexity index is 604. The summed E-state index contributed by atoms with van der Waals surface area (Å²) in [7, 11) is 1.89. The fourth-order valence-corrected chi connectivity index (χ4v) is 4.92. The third-order valence-corrected chi connectivity index (χ3v) is 7.13. The smallest absolute Gasteiger partial charge is 0.222 e.